The molecule has 0 spiro atoms. The zero-order valence-electron chi connectivity index (χ0n) is 14.9. The van der Waals surface area contributed by atoms with Crippen molar-refractivity contribution in [3.8, 4) is 5.75 Å². The van der Waals surface area contributed by atoms with Gasteiger partial charge in [0.2, 0.25) is 0 Å². The van der Waals surface area contributed by atoms with Gasteiger partial charge in [0, 0.05) is 12.1 Å². The van der Waals surface area contributed by atoms with Crippen LogP contribution in [0.25, 0.3) is 10.8 Å². The minimum atomic E-state index is 0. The predicted octanol–water partition coefficient (Wildman–Crippen LogP) is 4.51. The number of hydrogen-bond donors (Lipinski definition) is 1. The molecule has 0 fully saturated rings. The predicted molar refractivity (Wildman–Crippen MR) is 109 cm³/mol. The van der Waals surface area contributed by atoms with Crippen LogP contribution in [-0.4, -0.2) is 38.2 Å². The Morgan fingerprint density at radius 3 is 2.38 bits per heavy atom. The Morgan fingerprint density at radius 1 is 1.00 bits per heavy atom. The summed E-state index contributed by atoms with van der Waals surface area (Å²) in [4.78, 5) is 2.46. The first kappa shape index (κ1) is 23.0. The third-order valence-electron chi connectivity index (χ3n) is 4.24. The number of rotatable bonds is 9. The first-order valence-corrected chi connectivity index (χ1v) is 8.27. The van der Waals surface area contributed by atoms with Crippen molar-refractivity contribution in [1.82, 2.24) is 10.2 Å². The summed E-state index contributed by atoms with van der Waals surface area (Å²) in [5.74, 6) is 0.968. The Balaban J connectivity index is 0.00000264. The Bertz CT molecular complexity index is 589. The van der Waals surface area contributed by atoms with E-state index in [1.807, 2.05) is 0 Å². The Hall–Kier alpha value is -1.000. The largest absolute Gasteiger partial charge is 0.496 e. The highest BCUT2D eigenvalue weighted by atomic mass is 35.5. The van der Waals surface area contributed by atoms with E-state index in [0.717, 1.165) is 38.5 Å². The summed E-state index contributed by atoms with van der Waals surface area (Å²) >= 11 is 0. The smallest absolute Gasteiger partial charge is 0.123 e. The summed E-state index contributed by atoms with van der Waals surface area (Å²) in [6.45, 7) is 9.75. The minimum Gasteiger partial charge on any atom is -0.496 e. The molecule has 0 saturated carbocycles. The highest BCUT2D eigenvalue weighted by Gasteiger charge is 2.07. The Kier molecular flexibility index (Phi) is 11.9. The van der Waals surface area contributed by atoms with Gasteiger partial charge >= 0.3 is 0 Å². The van der Waals surface area contributed by atoms with Crippen LogP contribution in [0.15, 0.2) is 36.4 Å². The van der Waals surface area contributed by atoms with E-state index in [4.69, 9.17) is 4.74 Å². The maximum atomic E-state index is 5.54. The van der Waals surface area contributed by atoms with Gasteiger partial charge < -0.3 is 15.0 Å². The van der Waals surface area contributed by atoms with E-state index in [9.17, 15) is 0 Å². The highest BCUT2D eigenvalue weighted by Crippen LogP contribution is 2.27. The van der Waals surface area contributed by atoms with E-state index in [-0.39, 0.29) is 24.8 Å². The summed E-state index contributed by atoms with van der Waals surface area (Å²) in [6, 6.07) is 12.7. The molecule has 0 aliphatic rings. The second-order valence-electron chi connectivity index (χ2n) is 5.52. The van der Waals surface area contributed by atoms with Crippen molar-refractivity contribution in [1.29, 1.82) is 0 Å². The monoisotopic (exact) mass is 372 g/mol. The van der Waals surface area contributed by atoms with Crippen molar-refractivity contribution in [3.63, 3.8) is 0 Å². The molecule has 0 amide bonds. The van der Waals surface area contributed by atoms with Gasteiger partial charge in [-0.1, -0.05) is 44.2 Å². The van der Waals surface area contributed by atoms with Crippen molar-refractivity contribution in [3.05, 3.63) is 42.0 Å². The molecule has 0 aromatic heterocycles. The molecule has 2 aromatic rings. The zero-order valence-corrected chi connectivity index (χ0v) is 16.5. The maximum absolute atomic E-state index is 5.54. The summed E-state index contributed by atoms with van der Waals surface area (Å²) < 4.78 is 5.54. The number of ether oxygens (including phenoxy) is 1. The standard InChI is InChI=1S/C19H28N2O.2ClH/c1-4-21(5-2)14-8-13-20-15-18-17-10-7-6-9-16(17)11-12-19(18)22-3;;/h6-7,9-12,20H,4-5,8,13-15H2,1-3H3;2*1H. The summed E-state index contributed by atoms with van der Waals surface area (Å²) in [6.07, 6.45) is 1.18. The lowest BCUT2D eigenvalue weighted by Crippen LogP contribution is -2.27. The topological polar surface area (TPSA) is 24.5 Å². The number of benzene rings is 2. The van der Waals surface area contributed by atoms with Crippen LogP contribution in [0.1, 0.15) is 25.8 Å². The van der Waals surface area contributed by atoms with Gasteiger partial charge in [-0.15, -0.1) is 24.8 Å². The lowest BCUT2D eigenvalue weighted by atomic mass is 10.0. The Morgan fingerprint density at radius 2 is 1.71 bits per heavy atom. The average molecular weight is 373 g/mol. The Labute approximate surface area is 158 Å². The summed E-state index contributed by atoms with van der Waals surface area (Å²) in [5.41, 5.74) is 1.25. The number of nitrogens with zero attached hydrogens (tertiary/aromatic N) is 1. The molecule has 5 heteroatoms. The molecular weight excluding hydrogens is 343 g/mol. The van der Waals surface area contributed by atoms with Gasteiger partial charge in [0.05, 0.1) is 7.11 Å². The SMILES string of the molecule is CCN(CC)CCCNCc1c(OC)ccc2ccccc12.Cl.Cl. The minimum absolute atomic E-state index is 0. The maximum Gasteiger partial charge on any atom is 0.123 e. The van der Waals surface area contributed by atoms with Crippen LogP contribution in [0.3, 0.4) is 0 Å². The highest BCUT2D eigenvalue weighted by molar-refractivity contribution is 5.87. The van der Waals surface area contributed by atoms with Gasteiger partial charge in [-0.2, -0.15) is 0 Å². The summed E-state index contributed by atoms with van der Waals surface area (Å²) in [7, 11) is 1.74. The van der Waals surface area contributed by atoms with Crippen LogP contribution in [0, 0.1) is 0 Å². The first-order chi connectivity index (χ1) is 10.8. The quantitative estimate of drug-likeness (QED) is 0.655. The molecule has 0 unspecified atom stereocenters. The van der Waals surface area contributed by atoms with E-state index in [2.05, 4.69) is 60.5 Å². The number of halogens is 2. The van der Waals surface area contributed by atoms with Crippen LogP contribution in [-0.2, 0) is 6.54 Å². The van der Waals surface area contributed by atoms with E-state index >= 15 is 0 Å². The van der Waals surface area contributed by atoms with Crippen molar-refractivity contribution in [2.24, 2.45) is 0 Å². The molecule has 1 N–H and O–H groups in total. The van der Waals surface area contributed by atoms with Crippen molar-refractivity contribution >= 4 is 35.6 Å². The fraction of sp³-hybridized carbons (Fsp3) is 0.474. The normalized spacial score (nSPS) is 10.3. The number of hydrogen-bond acceptors (Lipinski definition) is 3. The van der Waals surface area contributed by atoms with Gasteiger partial charge in [0.15, 0.2) is 0 Å². The fourth-order valence-corrected chi connectivity index (χ4v) is 2.87. The van der Waals surface area contributed by atoms with Crippen molar-refractivity contribution in [2.75, 3.05) is 33.3 Å². The second kappa shape index (κ2) is 12.4. The van der Waals surface area contributed by atoms with Crippen LogP contribution in [0.4, 0.5) is 0 Å². The molecule has 0 atom stereocenters. The first-order valence-electron chi connectivity index (χ1n) is 8.27. The number of nitrogens with one attached hydrogen (secondary N) is 1. The number of fused-ring (bicyclic) bond motifs is 1. The molecule has 0 heterocycles. The van der Waals surface area contributed by atoms with E-state index < -0.39 is 0 Å². The third-order valence-corrected chi connectivity index (χ3v) is 4.24. The molecule has 0 aliphatic heterocycles. The lowest BCUT2D eigenvalue weighted by Gasteiger charge is -2.18. The lowest BCUT2D eigenvalue weighted by molar-refractivity contribution is 0.298. The molecule has 2 aromatic carbocycles. The molecule has 0 bridgehead atoms. The zero-order chi connectivity index (χ0) is 15.8. The molecule has 0 radical (unpaired) electrons. The van der Waals surface area contributed by atoms with Gasteiger partial charge in [0.1, 0.15) is 5.75 Å². The van der Waals surface area contributed by atoms with E-state index in [1.54, 1.807) is 7.11 Å². The van der Waals surface area contributed by atoms with Crippen molar-refractivity contribution in [2.45, 2.75) is 26.8 Å². The van der Waals surface area contributed by atoms with Gasteiger partial charge in [-0.25, -0.2) is 0 Å². The molecule has 3 nitrogen and oxygen atoms in total. The van der Waals surface area contributed by atoms with E-state index in [1.165, 1.54) is 22.8 Å². The van der Waals surface area contributed by atoms with E-state index in [0.29, 0.717) is 0 Å². The second-order valence-corrected chi connectivity index (χ2v) is 5.52. The summed E-state index contributed by atoms with van der Waals surface area (Å²) in [5, 5.41) is 6.11. The average Bonchev–Trinajstić information content (AvgIpc) is 2.58. The van der Waals surface area contributed by atoms with Crippen LogP contribution < -0.4 is 10.1 Å². The molecule has 136 valence electrons. The molecular formula is C19H30Cl2N2O. The molecule has 0 aliphatic carbocycles. The molecule has 0 saturated heterocycles. The van der Waals surface area contributed by atoms with Crippen molar-refractivity contribution < 1.29 is 4.74 Å². The van der Waals surface area contributed by atoms with Crippen LogP contribution in [0.5, 0.6) is 5.75 Å². The van der Waals surface area contributed by atoms with Gasteiger partial charge in [-0.05, 0) is 49.4 Å². The van der Waals surface area contributed by atoms with Crippen LogP contribution >= 0.6 is 24.8 Å². The number of methoxy groups -OCH3 is 1. The molecule has 24 heavy (non-hydrogen) atoms. The van der Waals surface area contributed by atoms with Gasteiger partial charge in [-0.3, -0.25) is 0 Å². The van der Waals surface area contributed by atoms with Gasteiger partial charge in [0.25, 0.3) is 0 Å². The molecule has 2 rings (SSSR count). The van der Waals surface area contributed by atoms with Crippen LogP contribution in [0.2, 0.25) is 0 Å². The fourth-order valence-electron chi connectivity index (χ4n) is 2.87. The third kappa shape index (κ3) is 6.14.